The van der Waals surface area contributed by atoms with Crippen LogP contribution in [0, 0.1) is 17.3 Å². The van der Waals surface area contributed by atoms with Gasteiger partial charge in [-0.05, 0) is 74.6 Å². The van der Waals surface area contributed by atoms with Crippen molar-refractivity contribution in [2.24, 2.45) is 17.3 Å². The van der Waals surface area contributed by atoms with Crippen molar-refractivity contribution in [3.8, 4) is 0 Å². The standard InChI is InChI=1S/C22H27NO5/c1-2-19(25)23-17-5-3-16(4-6-17)18(24)12-28-20(26)21-8-14-7-15(9-21)11-22(27,10-14)13-21/h3-6,14-15,27H,2,7-13H2,1H3,(H,23,25)/t14-,15+,21?,22?. The van der Waals surface area contributed by atoms with Crippen LogP contribution in [-0.4, -0.2) is 35.0 Å². The molecule has 0 aliphatic heterocycles. The van der Waals surface area contributed by atoms with Crippen LogP contribution < -0.4 is 5.32 Å². The quantitative estimate of drug-likeness (QED) is 0.580. The summed E-state index contributed by atoms with van der Waals surface area (Å²) < 4.78 is 5.43. The van der Waals surface area contributed by atoms with Crippen LogP contribution in [-0.2, 0) is 14.3 Å². The minimum Gasteiger partial charge on any atom is -0.457 e. The summed E-state index contributed by atoms with van der Waals surface area (Å²) in [5, 5.41) is 13.5. The fourth-order valence-corrected chi connectivity index (χ4v) is 5.81. The molecule has 4 aliphatic rings. The Bertz CT molecular complexity index is 786. The van der Waals surface area contributed by atoms with Crippen LogP contribution >= 0.6 is 0 Å². The number of hydrogen-bond acceptors (Lipinski definition) is 5. The van der Waals surface area contributed by atoms with E-state index >= 15 is 0 Å². The Labute approximate surface area is 164 Å². The van der Waals surface area contributed by atoms with Crippen LogP contribution in [0.15, 0.2) is 24.3 Å². The van der Waals surface area contributed by atoms with E-state index < -0.39 is 11.0 Å². The molecule has 6 nitrogen and oxygen atoms in total. The molecule has 0 aromatic heterocycles. The molecule has 0 heterocycles. The average molecular weight is 385 g/mol. The first-order valence-electron chi connectivity index (χ1n) is 10.1. The third-order valence-corrected chi connectivity index (χ3v) is 6.61. The topological polar surface area (TPSA) is 92.7 Å². The van der Waals surface area contributed by atoms with Crippen LogP contribution in [0.5, 0.6) is 0 Å². The van der Waals surface area contributed by atoms with Crippen molar-refractivity contribution in [3.63, 3.8) is 0 Å². The number of aliphatic hydroxyl groups is 1. The minimum atomic E-state index is -0.730. The zero-order chi connectivity index (χ0) is 19.9. The highest BCUT2D eigenvalue weighted by atomic mass is 16.5. The molecule has 1 amide bonds. The molecule has 1 aromatic carbocycles. The number of ether oxygens (including phenoxy) is 1. The van der Waals surface area contributed by atoms with Crippen LogP contribution in [0.4, 0.5) is 5.69 Å². The first-order chi connectivity index (χ1) is 13.3. The maximum atomic E-state index is 12.9. The third-order valence-electron chi connectivity index (χ3n) is 6.61. The predicted molar refractivity (Wildman–Crippen MR) is 103 cm³/mol. The van der Waals surface area contributed by atoms with Gasteiger partial charge < -0.3 is 15.2 Å². The van der Waals surface area contributed by atoms with E-state index in [0.29, 0.717) is 35.9 Å². The number of carbonyl (C=O) groups is 3. The highest BCUT2D eigenvalue weighted by molar-refractivity contribution is 5.99. The van der Waals surface area contributed by atoms with Crippen molar-refractivity contribution in [2.45, 2.75) is 57.5 Å². The molecular weight excluding hydrogens is 358 g/mol. The summed E-state index contributed by atoms with van der Waals surface area (Å²) >= 11 is 0. The van der Waals surface area contributed by atoms with Gasteiger partial charge in [-0.2, -0.15) is 0 Å². The zero-order valence-electron chi connectivity index (χ0n) is 16.2. The normalized spacial score (nSPS) is 32.8. The van der Waals surface area contributed by atoms with Gasteiger partial charge in [0.05, 0.1) is 11.0 Å². The van der Waals surface area contributed by atoms with E-state index in [1.807, 2.05) is 0 Å². The molecule has 2 unspecified atom stereocenters. The van der Waals surface area contributed by atoms with E-state index in [0.717, 1.165) is 32.1 Å². The molecule has 1 aromatic rings. The predicted octanol–water partition coefficient (Wildman–Crippen LogP) is 3.09. The number of esters is 1. The van der Waals surface area contributed by atoms with E-state index in [-0.39, 0.29) is 24.3 Å². The van der Waals surface area contributed by atoms with E-state index in [2.05, 4.69) is 5.32 Å². The fraction of sp³-hybridized carbons (Fsp3) is 0.591. The van der Waals surface area contributed by atoms with E-state index in [9.17, 15) is 19.5 Å². The van der Waals surface area contributed by atoms with Crippen LogP contribution in [0.25, 0.3) is 0 Å². The maximum absolute atomic E-state index is 12.9. The van der Waals surface area contributed by atoms with Gasteiger partial charge in [0, 0.05) is 17.7 Å². The second-order valence-electron chi connectivity index (χ2n) is 8.94. The SMILES string of the molecule is CCC(=O)Nc1ccc(C(=O)COC(=O)C23C[C@@H]4C[C@@H](CC(O)(C4)C2)C3)cc1. The van der Waals surface area contributed by atoms with Crippen LogP contribution in [0.3, 0.4) is 0 Å². The number of nitrogens with one attached hydrogen (secondary N) is 1. The van der Waals surface area contributed by atoms with Gasteiger partial charge in [0.25, 0.3) is 0 Å². The summed E-state index contributed by atoms with van der Waals surface area (Å²) in [6.45, 7) is 1.47. The van der Waals surface area contributed by atoms with Crippen molar-refractivity contribution in [3.05, 3.63) is 29.8 Å². The lowest BCUT2D eigenvalue weighted by Crippen LogP contribution is -2.58. The Morgan fingerprint density at radius 2 is 1.75 bits per heavy atom. The number of ketones is 1. The second kappa shape index (κ2) is 6.99. The van der Waals surface area contributed by atoms with Gasteiger partial charge in [-0.25, -0.2) is 0 Å². The van der Waals surface area contributed by atoms with Crippen molar-refractivity contribution in [2.75, 3.05) is 11.9 Å². The van der Waals surface area contributed by atoms with Gasteiger partial charge in [0.1, 0.15) is 0 Å². The summed E-state index contributed by atoms with van der Waals surface area (Å²) in [5.74, 6) is 0.0800. The second-order valence-corrected chi connectivity index (χ2v) is 8.94. The molecule has 4 fully saturated rings. The lowest BCUT2D eigenvalue weighted by atomic mass is 9.48. The Hall–Kier alpha value is -2.21. The Kier molecular flexibility index (Phi) is 4.78. The van der Waals surface area contributed by atoms with Gasteiger partial charge in [-0.1, -0.05) is 6.92 Å². The lowest BCUT2D eigenvalue weighted by molar-refractivity contribution is -0.195. The largest absolute Gasteiger partial charge is 0.457 e. The van der Waals surface area contributed by atoms with Gasteiger partial charge in [0.2, 0.25) is 5.91 Å². The summed E-state index contributed by atoms with van der Waals surface area (Å²) in [4.78, 5) is 36.7. The van der Waals surface area contributed by atoms with E-state index in [1.54, 1.807) is 31.2 Å². The molecule has 5 rings (SSSR count). The number of Topliss-reactive ketones (excluding diaryl/α,β-unsaturated/α-hetero) is 1. The average Bonchev–Trinajstić information content (AvgIpc) is 2.64. The maximum Gasteiger partial charge on any atom is 0.312 e. The molecular formula is C22H27NO5. The number of hydrogen-bond donors (Lipinski definition) is 2. The molecule has 150 valence electrons. The number of amides is 1. The molecule has 4 atom stereocenters. The highest BCUT2D eigenvalue weighted by Gasteiger charge is 2.60. The Morgan fingerprint density at radius 3 is 2.32 bits per heavy atom. The molecule has 0 radical (unpaired) electrons. The van der Waals surface area contributed by atoms with Crippen LogP contribution in [0.2, 0.25) is 0 Å². The number of rotatable bonds is 6. The molecule has 2 N–H and O–H groups in total. The van der Waals surface area contributed by atoms with Crippen molar-refractivity contribution in [1.82, 2.24) is 0 Å². The molecule has 6 heteroatoms. The fourth-order valence-electron chi connectivity index (χ4n) is 5.81. The van der Waals surface area contributed by atoms with Gasteiger partial charge in [0.15, 0.2) is 12.4 Å². The summed E-state index contributed by atoms with van der Waals surface area (Å²) in [7, 11) is 0. The van der Waals surface area contributed by atoms with Gasteiger partial charge in [-0.3, -0.25) is 14.4 Å². The highest BCUT2D eigenvalue weighted by Crippen LogP contribution is 2.61. The van der Waals surface area contributed by atoms with Gasteiger partial charge >= 0.3 is 5.97 Å². The summed E-state index contributed by atoms with van der Waals surface area (Å²) in [5.41, 5.74) is -0.284. The van der Waals surface area contributed by atoms with E-state index in [1.165, 1.54) is 0 Å². The zero-order valence-corrected chi connectivity index (χ0v) is 16.2. The summed E-state index contributed by atoms with van der Waals surface area (Å²) in [6.07, 6.45) is 5.06. The van der Waals surface area contributed by atoms with Crippen molar-refractivity contribution >= 4 is 23.3 Å². The Morgan fingerprint density at radius 1 is 1.11 bits per heavy atom. The Balaban J connectivity index is 1.36. The van der Waals surface area contributed by atoms with Gasteiger partial charge in [-0.15, -0.1) is 0 Å². The minimum absolute atomic E-state index is 0.0924. The number of anilines is 1. The first kappa shape index (κ1) is 19.1. The molecule has 4 aliphatic carbocycles. The number of carbonyl (C=O) groups excluding carboxylic acids is 3. The molecule has 4 bridgehead atoms. The molecule has 4 saturated carbocycles. The molecule has 0 saturated heterocycles. The number of benzene rings is 1. The van der Waals surface area contributed by atoms with Crippen molar-refractivity contribution < 1.29 is 24.2 Å². The summed E-state index contributed by atoms with van der Waals surface area (Å²) in [6, 6.07) is 6.57. The molecule has 0 spiro atoms. The van der Waals surface area contributed by atoms with E-state index in [4.69, 9.17) is 4.74 Å². The molecule has 28 heavy (non-hydrogen) atoms. The first-order valence-corrected chi connectivity index (χ1v) is 10.1. The monoisotopic (exact) mass is 385 g/mol. The smallest absolute Gasteiger partial charge is 0.312 e. The third kappa shape index (κ3) is 3.58. The van der Waals surface area contributed by atoms with Crippen LogP contribution in [0.1, 0.15) is 62.2 Å². The van der Waals surface area contributed by atoms with Crippen molar-refractivity contribution in [1.29, 1.82) is 0 Å². The lowest BCUT2D eigenvalue weighted by Gasteiger charge is -2.58.